The largest absolute Gasteiger partial charge is 0.495 e. The Labute approximate surface area is 120 Å². The number of nitrogens with two attached hydrogens (primary N) is 1. The maximum atomic E-state index is 11.2. The summed E-state index contributed by atoms with van der Waals surface area (Å²) in [6.45, 7) is 0. The fourth-order valence-electron chi connectivity index (χ4n) is 1.77. The van der Waals surface area contributed by atoms with Crippen molar-refractivity contribution in [3.63, 3.8) is 0 Å². The van der Waals surface area contributed by atoms with Crippen LogP contribution in [0, 0.1) is 0 Å². The lowest BCUT2D eigenvalue weighted by Gasteiger charge is -2.13. The first-order valence-corrected chi connectivity index (χ1v) is 6.13. The summed E-state index contributed by atoms with van der Waals surface area (Å²) in [5.41, 5.74) is 7.24. The number of nitrogen functional groups attached to an aromatic ring is 1. The molecule has 0 unspecified atom stereocenters. The maximum Gasteiger partial charge on any atom is 0.337 e. The molecular formula is C14H13ClN2O3. The van der Waals surface area contributed by atoms with E-state index in [1.807, 2.05) is 0 Å². The lowest BCUT2D eigenvalue weighted by Crippen LogP contribution is -2.05. The first-order valence-electron chi connectivity index (χ1n) is 5.75. The fourth-order valence-corrected chi connectivity index (χ4v) is 1.96. The topological polar surface area (TPSA) is 84.6 Å². The molecule has 0 fully saturated rings. The number of hydrogen-bond donors (Lipinski definition) is 3. The molecule has 0 aliphatic heterocycles. The molecular weight excluding hydrogens is 280 g/mol. The number of halogens is 1. The maximum absolute atomic E-state index is 11.2. The quantitative estimate of drug-likeness (QED) is 0.752. The molecule has 0 aliphatic rings. The Morgan fingerprint density at radius 1 is 1.35 bits per heavy atom. The summed E-state index contributed by atoms with van der Waals surface area (Å²) in [7, 11) is 1.50. The molecule has 0 bridgehead atoms. The molecule has 0 atom stereocenters. The first kappa shape index (κ1) is 14.0. The predicted octanol–water partition coefficient (Wildman–Crippen LogP) is 3.37. The molecule has 0 heterocycles. The van der Waals surface area contributed by atoms with Gasteiger partial charge in [-0.2, -0.15) is 0 Å². The minimum absolute atomic E-state index is 0.0962. The van der Waals surface area contributed by atoms with E-state index in [0.29, 0.717) is 27.8 Å². The van der Waals surface area contributed by atoms with E-state index >= 15 is 0 Å². The fraction of sp³-hybridized carbons (Fsp3) is 0.0714. The number of ether oxygens (including phenoxy) is 1. The molecule has 0 radical (unpaired) electrons. The van der Waals surface area contributed by atoms with Crippen LogP contribution in [-0.4, -0.2) is 18.2 Å². The highest BCUT2D eigenvalue weighted by atomic mass is 35.5. The van der Waals surface area contributed by atoms with Crippen LogP contribution in [0.2, 0.25) is 5.02 Å². The second kappa shape index (κ2) is 5.71. The highest BCUT2D eigenvalue weighted by Gasteiger charge is 2.13. The number of nitrogens with one attached hydrogen (secondary N) is 1. The number of para-hydroxylation sites is 1. The molecule has 4 N–H and O–H groups in total. The minimum atomic E-state index is -1.05. The van der Waals surface area contributed by atoms with E-state index in [-0.39, 0.29) is 5.56 Å². The van der Waals surface area contributed by atoms with Crippen molar-refractivity contribution < 1.29 is 14.6 Å². The zero-order valence-electron chi connectivity index (χ0n) is 10.7. The van der Waals surface area contributed by atoms with Crippen molar-refractivity contribution in [2.24, 2.45) is 0 Å². The van der Waals surface area contributed by atoms with Crippen LogP contribution in [0.3, 0.4) is 0 Å². The van der Waals surface area contributed by atoms with E-state index < -0.39 is 5.97 Å². The molecule has 2 aromatic carbocycles. The van der Waals surface area contributed by atoms with Crippen LogP contribution < -0.4 is 15.8 Å². The first-order chi connectivity index (χ1) is 9.52. The molecule has 2 aromatic rings. The van der Waals surface area contributed by atoms with E-state index in [4.69, 9.17) is 22.1 Å². The van der Waals surface area contributed by atoms with Crippen molar-refractivity contribution in [2.75, 3.05) is 18.2 Å². The second-order valence-electron chi connectivity index (χ2n) is 4.05. The molecule has 20 heavy (non-hydrogen) atoms. The summed E-state index contributed by atoms with van der Waals surface area (Å²) < 4.78 is 5.11. The molecule has 5 nitrogen and oxygen atoms in total. The van der Waals surface area contributed by atoms with Crippen LogP contribution in [0.15, 0.2) is 36.4 Å². The average molecular weight is 293 g/mol. The third-order valence-electron chi connectivity index (χ3n) is 2.75. The zero-order chi connectivity index (χ0) is 14.7. The van der Waals surface area contributed by atoms with Gasteiger partial charge >= 0.3 is 5.97 Å². The lowest BCUT2D eigenvalue weighted by molar-refractivity contribution is 0.0698. The molecule has 0 spiro atoms. The molecule has 0 aliphatic carbocycles. The summed E-state index contributed by atoms with van der Waals surface area (Å²) in [5.74, 6) is -0.566. The normalized spacial score (nSPS) is 10.1. The van der Waals surface area contributed by atoms with Gasteiger partial charge in [-0.25, -0.2) is 4.79 Å². The number of anilines is 3. The van der Waals surface area contributed by atoms with Crippen LogP contribution >= 0.6 is 11.6 Å². The van der Waals surface area contributed by atoms with Crippen molar-refractivity contribution in [1.82, 2.24) is 0 Å². The van der Waals surface area contributed by atoms with Crippen molar-refractivity contribution in [3.8, 4) is 5.75 Å². The van der Waals surface area contributed by atoms with E-state index in [0.717, 1.165) is 0 Å². The monoisotopic (exact) mass is 292 g/mol. The van der Waals surface area contributed by atoms with Gasteiger partial charge in [0.2, 0.25) is 0 Å². The number of rotatable bonds is 4. The van der Waals surface area contributed by atoms with Gasteiger partial charge in [0.05, 0.1) is 29.1 Å². The Morgan fingerprint density at radius 3 is 2.75 bits per heavy atom. The van der Waals surface area contributed by atoms with E-state index in [1.54, 1.807) is 30.3 Å². The molecule has 0 aromatic heterocycles. The van der Waals surface area contributed by atoms with Gasteiger partial charge in [-0.05, 0) is 24.3 Å². The van der Waals surface area contributed by atoms with Gasteiger partial charge in [-0.3, -0.25) is 0 Å². The Morgan fingerprint density at radius 2 is 2.10 bits per heavy atom. The van der Waals surface area contributed by atoms with Crippen molar-refractivity contribution in [3.05, 3.63) is 47.0 Å². The van der Waals surface area contributed by atoms with Gasteiger partial charge in [-0.1, -0.05) is 17.7 Å². The second-order valence-corrected chi connectivity index (χ2v) is 4.46. The summed E-state index contributed by atoms with van der Waals surface area (Å²) in [5, 5.41) is 12.6. The SMILES string of the molecule is COc1cc(Nc2c(N)cccc2C(=O)O)ccc1Cl. The van der Waals surface area contributed by atoms with Gasteiger partial charge in [-0.15, -0.1) is 0 Å². The Hall–Kier alpha value is -2.40. The third kappa shape index (κ3) is 2.78. The summed E-state index contributed by atoms with van der Waals surface area (Å²) in [6.07, 6.45) is 0. The highest BCUT2D eigenvalue weighted by molar-refractivity contribution is 6.32. The molecule has 0 amide bonds. The zero-order valence-corrected chi connectivity index (χ0v) is 11.4. The van der Waals surface area contributed by atoms with Gasteiger partial charge in [0.25, 0.3) is 0 Å². The Kier molecular flexibility index (Phi) is 4.00. The van der Waals surface area contributed by atoms with Crippen molar-refractivity contribution >= 4 is 34.6 Å². The number of benzene rings is 2. The summed E-state index contributed by atoms with van der Waals surface area (Å²) >= 11 is 5.94. The van der Waals surface area contributed by atoms with Crippen LogP contribution in [0.5, 0.6) is 5.75 Å². The third-order valence-corrected chi connectivity index (χ3v) is 3.06. The van der Waals surface area contributed by atoms with Gasteiger partial charge < -0.3 is 20.9 Å². The lowest BCUT2D eigenvalue weighted by atomic mass is 10.1. The van der Waals surface area contributed by atoms with Gasteiger partial charge in [0.1, 0.15) is 5.75 Å². The Balaban J connectivity index is 2.42. The van der Waals surface area contributed by atoms with E-state index in [9.17, 15) is 9.90 Å². The number of carboxylic acids is 1. The number of carbonyl (C=O) groups is 1. The summed E-state index contributed by atoms with van der Waals surface area (Å²) in [6, 6.07) is 9.73. The molecule has 0 saturated heterocycles. The number of carboxylic acid groups (broad SMARTS) is 1. The molecule has 6 heteroatoms. The smallest absolute Gasteiger partial charge is 0.337 e. The molecule has 104 valence electrons. The van der Waals surface area contributed by atoms with Gasteiger partial charge in [0.15, 0.2) is 0 Å². The van der Waals surface area contributed by atoms with Crippen LogP contribution in [0.4, 0.5) is 17.1 Å². The predicted molar refractivity (Wildman–Crippen MR) is 79.1 cm³/mol. The number of hydrogen-bond acceptors (Lipinski definition) is 4. The summed E-state index contributed by atoms with van der Waals surface area (Å²) in [4.78, 5) is 11.2. The van der Waals surface area contributed by atoms with Crippen molar-refractivity contribution in [2.45, 2.75) is 0 Å². The molecule has 2 rings (SSSR count). The number of aromatic carboxylic acids is 1. The Bertz CT molecular complexity index is 659. The van der Waals surface area contributed by atoms with E-state index in [1.165, 1.54) is 13.2 Å². The minimum Gasteiger partial charge on any atom is -0.495 e. The average Bonchev–Trinajstić information content (AvgIpc) is 2.42. The van der Waals surface area contributed by atoms with Crippen LogP contribution in [0.25, 0.3) is 0 Å². The van der Waals surface area contributed by atoms with Crippen molar-refractivity contribution in [1.29, 1.82) is 0 Å². The van der Waals surface area contributed by atoms with Gasteiger partial charge in [0, 0.05) is 11.8 Å². The highest BCUT2D eigenvalue weighted by Crippen LogP contribution is 2.32. The van der Waals surface area contributed by atoms with E-state index in [2.05, 4.69) is 5.32 Å². The van der Waals surface area contributed by atoms with Crippen LogP contribution in [0.1, 0.15) is 10.4 Å². The number of methoxy groups -OCH3 is 1. The standard InChI is InChI=1S/C14H13ClN2O3/c1-20-12-7-8(5-6-10(12)15)17-13-9(14(18)19)3-2-4-11(13)16/h2-7,17H,16H2,1H3,(H,18,19). The molecule has 0 saturated carbocycles. The van der Waals surface area contributed by atoms with Crippen LogP contribution in [-0.2, 0) is 0 Å².